The molecule has 0 saturated heterocycles. The Morgan fingerprint density at radius 3 is 2.05 bits per heavy atom. The predicted octanol–water partition coefficient (Wildman–Crippen LogP) is 5.30. The quantitative estimate of drug-likeness (QED) is 0.465. The van der Waals surface area contributed by atoms with E-state index in [4.69, 9.17) is 12.2 Å². The molecule has 2 nitrogen and oxygen atoms in total. The van der Waals surface area contributed by atoms with Gasteiger partial charge in [0.25, 0.3) is 0 Å². The van der Waals surface area contributed by atoms with Crippen LogP contribution in [0.15, 0.2) is 30.3 Å². The lowest BCUT2D eigenvalue weighted by Crippen LogP contribution is -2.41. The van der Waals surface area contributed by atoms with Gasteiger partial charge in [-0.15, -0.1) is 0 Å². The van der Waals surface area contributed by atoms with Crippen LogP contribution in [0, 0.1) is 0 Å². The van der Waals surface area contributed by atoms with E-state index < -0.39 is 0 Å². The van der Waals surface area contributed by atoms with Crippen LogP contribution in [0.3, 0.4) is 0 Å². The monoisotopic (exact) mass is 320 g/mol. The lowest BCUT2D eigenvalue weighted by molar-refractivity contribution is 0.380. The summed E-state index contributed by atoms with van der Waals surface area (Å²) in [6, 6.07) is 10.8. The first-order valence-corrected chi connectivity index (χ1v) is 9.20. The van der Waals surface area contributed by atoms with Crippen molar-refractivity contribution in [1.82, 2.24) is 10.2 Å². The highest BCUT2D eigenvalue weighted by Gasteiger charge is 2.12. The van der Waals surface area contributed by atoms with Gasteiger partial charge in [0.15, 0.2) is 5.11 Å². The van der Waals surface area contributed by atoms with E-state index in [2.05, 4.69) is 61.3 Å². The van der Waals surface area contributed by atoms with Gasteiger partial charge in [0.2, 0.25) is 0 Å². The molecule has 0 spiro atoms. The van der Waals surface area contributed by atoms with Crippen molar-refractivity contribution in [3.05, 3.63) is 35.9 Å². The van der Waals surface area contributed by atoms with E-state index in [0.717, 1.165) is 18.2 Å². The Morgan fingerprint density at radius 2 is 1.55 bits per heavy atom. The van der Waals surface area contributed by atoms with Gasteiger partial charge in [-0.25, -0.2) is 0 Å². The second-order valence-corrected chi connectivity index (χ2v) is 6.37. The highest BCUT2D eigenvalue weighted by atomic mass is 32.1. The highest BCUT2D eigenvalue weighted by Crippen LogP contribution is 2.12. The van der Waals surface area contributed by atoms with E-state index >= 15 is 0 Å². The fourth-order valence-corrected chi connectivity index (χ4v) is 2.88. The summed E-state index contributed by atoms with van der Waals surface area (Å²) >= 11 is 5.67. The molecule has 0 aromatic heterocycles. The molecule has 0 aliphatic carbocycles. The molecule has 0 aliphatic rings. The molecule has 1 rings (SSSR count). The van der Waals surface area contributed by atoms with Gasteiger partial charge in [-0.05, 0) is 37.5 Å². The van der Waals surface area contributed by atoms with Crippen LogP contribution in [0.25, 0.3) is 0 Å². The molecule has 3 heteroatoms. The van der Waals surface area contributed by atoms with E-state index in [0.29, 0.717) is 0 Å². The number of rotatable bonds is 10. The summed E-state index contributed by atoms with van der Waals surface area (Å²) in [5, 5.41) is 4.41. The van der Waals surface area contributed by atoms with E-state index in [1.807, 2.05) is 0 Å². The van der Waals surface area contributed by atoms with Crippen molar-refractivity contribution in [2.45, 2.75) is 65.3 Å². The molecule has 124 valence electrons. The Labute approximate surface area is 142 Å². The van der Waals surface area contributed by atoms with Crippen molar-refractivity contribution in [3.8, 4) is 0 Å². The molecule has 1 aromatic rings. The maximum absolute atomic E-state index is 5.67. The van der Waals surface area contributed by atoms with Gasteiger partial charge in [0.1, 0.15) is 0 Å². The van der Waals surface area contributed by atoms with Crippen molar-refractivity contribution >= 4 is 17.3 Å². The Morgan fingerprint density at radius 1 is 1.00 bits per heavy atom. The first-order valence-electron chi connectivity index (χ1n) is 8.79. The minimum absolute atomic E-state index is 0.258. The van der Waals surface area contributed by atoms with Crippen LogP contribution in [0.2, 0.25) is 0 Å². The van der Waals surface area contributed by atoms with Gasteiger partial charge in [0, 0.05) is 13.1 Å². The number of nitrogens with one attached hydrogen (secondary N) is 1. The summed E-state index contributed by atoms with van der Waals surface area (Å²) in [5.74, 6) is 0. The molecule has 0 aliphatic heterocycles. The smallest absolute Gasteiger partial charge is 0.169 e. The topological polar surface area (TPSA) is 15.3 Å². The van der Waals surface area contributed by atoms with Gasteiger partial charge in [0.05, 0.1) is 6.04 Å². The Bertz CT molecular complexity index is 395. The first kappa shape index (κ1) is 19.0. The lowest BCUT2D eigenvalue weighted by atomic mass is 10.1. The average molecular weight is 321 g/mol. The Kier molecular flexibility index (Phi) is 9.89. The zero-order valence-corrected chi connectivity index (χ0v) is 15.3. The number of benzene rings is 1. The zero-order chi connectivity index (χ0) is 16.2. The maximum Gasteiger partial charge on any atom is 0.169 e. The average Bonchev–Trinajstić information content (AvgIpc) is 2.54. The second kappa shape index (κ2) is 11.5. The summed E-state index contributed by atoms with van der Waals surface area (Å²) in [6.07, 6.45) is 7.52. The van der Waals surface area contributed by atoms with Crippen molar-refractivity contribution in [2.75, 3.05) is 13.1 Å². The van der Waals surface area contributed by atoms with Crippen LogP contribution in [-0.4, -0.2) is 23.1 Å². The summed E-state index contributed by atoms with van der Waals surface area (Å²) in [7, 11) is 0. The standard InChI is InChI=1S/C19H32N2S/c1-4-6-11-15-21(16-12-7-5-2)19(22)20-17(3)18-13-9-8-10-14-18/h8-10,13-14,17H,4-7,11-12,15-16H2,1-3H3,(H,20,22). The molecule has 0 bridgehead atoms. The zero-order valence-electron chi connectivity index (χ0n) is 14.5. The van der Waals surface area contributed by atoms with E-state index in [-0.39, 0.29) is 6.04 Å². The van der Waals surface area contributed by atoms with Crippen molar-refractivity contribution in [2.24, 2.45) is 0 Å². The second-order valence-electron chi connectivity index (χ2n) is 5.98. The molecule has 1 atom stereocenters. The Balaban J connectivity index is 2.53. The fraction of sp³-hybridized carbons (Fsp3) is 0.632. The van der Waals surface area contributed by atoms with Gasteiger partial charge >= 0.3 is 0 Å². The molecule has 0 heterocycles. The van der Waals surface area contributed by atoms with Crippen molar-refractivity contribution < 1.29 is 0 Å². The van der Waals surface area contributed by atoms with Crippen molar-refractivity contribution in [1.29, 1.82) is 0 Å². The summed E-state index contributed by atoms with van der Waals surface area (Å²) in [5.41, 5.74) is 1.28. The van der Waals surface area contributed by atoms with Crippen molar-refractivity contribution in [3.63, 3.8) is 0 Å². The van der Waals surface area contributed by atoms with Crippen LogP contribution in [0.5, 0.6) is 0 Å². The molecular weight excluding hydrogens is 288 g/mol. The molecule has 1 unspecified atom stereocenters. The third-order valence-electron chi connectivity index (χ3n) is 3.99. The Hall–Kier alpha value is -1.09. The minimum atomic E-state index is 0.258. The third kappa shape index (κ3) is 7.26. The highest BCUT2D eigenvalue weighted by molar-refractivity contribution is 7.80. The van der Waals surface area contributed by atoms with E-state index in [9.17, 15) is 0 Å². The number of thiocarbonyl (C=S) groups is 1. The van der Waals surface area contributed by atoms with Gasteiger partial charge < -0.3 is 10.2 Å². The van der Waals surface area contributed by atoms with Crippen LogP contribution in [0.1, 0.15) is 70.9 Å². The van der Waals surface area contributed by atoms with E-state index in [1.54, 1.807) is 0 Å². The molecule has 1 aromatic carbocycles. The summed E-state index contributed by atoms with van der Waals surface area (Å²) in [4.78, 5) is 2.36. The minimum Gasteiger partial charge on any atom is -0.356 e. The number of nitrogens with zero attached hydrogens (tertiary/aromatic N) is 1. The molecule has 0 amide bonds. The van der Waals surface area contributed by atoms with Crippen LogP contribution >= 0.6 is 12.2 Å². The van der Waals surface area contributed by atoms with Crippen LogP contribution in [-0.2, 0) is 0 Å². The number of unbranched alkanes of at least 4 members (excludes halogenated alkanes) is 4. The molecule has 0 saturated carbocycles. The summed E-state index contributed by atoms with van der Waals surface area (Å²) < 4.78 is 0. The number of hydrogen-bond acceptors (Lipinski definition) is 1. The lowest BCUT2D eigenvalue weighted by Gasteiger charge is -2.28. The van der Waals surface area contributed by atoms with Crippen LogP contribution in [0.4, 0.5) is 0 Å². The predicted molar refractivity (Wildman–Crippen MR) is 101 cm³/mol. The first-order chi connectivity index (χ1) is 10.7. The maximum atomic E-state index is 5.67. The molecule has 22 heavy (non-hydrogen) atoms. The van der Waals surface area contributed by atoms with Gasteiger partial charge in [-0.2, -0.15) is 0 Å². The molecule has 1 N–H and O–H groups in total. The normalized spacial score (nSPS) is 12.0. The molecular formula is C19H32N2S. The largest absolute Gasteiger partial charge is 0.356 e. The third-order valence-corrected chi connectivity index (χ3v) is 4.37. The number of hydrogen-bond donors (Lipinski definition) is 1. The van der Waals surface area contributed by atoms with E-state index in [1.165, 1.54) is 44.1 Å². The van der Waals surface area contributed by atoms with Crippen LogP contribution < -0.4 is 5.32 Å². The molecule has 0 fully saturated rings. The van der Waals surface area contributed by atoms with Gasteiger partial charge in [-0.1, -0.05) is 69.9 Å². The fourth-order valence-electron chi connectivity index (χ4n) is 2.52. The summed E-state index contributed by atoms with van der Waals surface area (Å²) in [6.45, 7) is 8.82. The van der Waals surface area contributed by atoms with Gasteiger partial charge in [-0.3, -0.25) is 0 Å². The molecule has 0 radical (unpaired) electrons. The SMILES string of the molecule is CCCCCN(CCCCC)C(=S)NC(C)c1ccccc1.